The number of rotatable bonds is 8. The molecule has 0 bridgehead atoms. The Kier molecular flexibility index (Phi) is 6.63. The Hall–Kier alpha value is -3.61. The molecule has 150 valence electrons. The Labute approximate surface area is 170 Å². The van der Waals surface area contributed by atoms with Gasteiger partial charge in [0.15, 0.2) is 0 Å². The highest BCUT2D eigenvalue weighted by Crippen LogP contribution is 2.18. The van der Waals surface area contributed by atoms with Crippen LogP contribution in [0.3, 0.4) is 0 Å². The van der Waals surface area contributed by atoms with E-state index in [1.54, 1.807) is 20.3 Å². The van der Waals surface area contributed by atoms with E-state index in [4.69, 9.17) is 9.47 Å². The first kappa shape index (κ1) is 20.1. The number of hydrogen-bond acceptors (Lipinski definition) is 6. The highest BCUT2D eigenvalue weighted by atomic mass is 16.5. The molecule has 0 saturated heterocycles. The van der Waals surface area contributed by atoms with E-state index >= 15 is 0 Å². The van der Waals surface area contributed by atoms with Crippen molar-refractivity contribution >= 4 is 17.5 Å². The minimum Gasteiger partial charge on any atom is -0.497 e. The summed E-state index contributed by atoms with van der Waals surface area (Å²) >= 11 is 0. The number of carbonyl (C=O) groups excluding carboxylic acids is 1. The summed E-state index contributed by atoms with van der Waals surface area (Å²) in [6, 6.07) is 16.8. The molecule has 0 aliphatic rings. The number of aryl methyl sites for hydroxylation is 1. The molecule has 7 heteroatoms. The Bertz CT molecular complexity index is 957. The Morgan fingerprint density at radius 3 is 2.17 bits per heavy atom. The van der Waals surface area contributed by atoms with Crippen molar-refractivity contribution in [2.75, 3.05) is 26.1 Å². The van der Waals surface area contributed by atoms with Gasteiger partial charge in [0.2, 0.25) is 5.95 Å². The summed E-state index contributed by atoms with van der Waals surface area (Å²) in [6.45, 7) is 2.34. The van der Waals surface area contributed by atoms with Crippen LogP contribution in [0, 0.1) is 6.92 Å². The molecule has 0 unspecified atom stereocenters. The van der Waals surface area contributed by atoms with E-state index < -0.39 is 0 Å². The second-order valence-electron chi connectivity index (χ2n) is 6.43. The molecule has 0 fully saturated rings. The number of carbonyl (C=O) groups is 1. The molecule has 3 aromatic rings. The van der Waals surface area contributed by atoms with Gasteiger partial charge in [-0.15, -0.1) is 0 Å². The minimum absolute atomic E-state index is 0.234. The average Bonchev–Trinajstić information content (AvgIpc) is 2.74. The van der Waals surface area contributed by atoms with E-state index in [9.17, 15) is 4.79 Å². The largest absolute Gasteiger partial charge is 0.497 e. The van der Waals surface area contributed by atoms with Crippen LogP contribution in [0.4, 0.5) is 11.6 Å². The fourth-order valence-electron chi connectivity index (χ4n) is 2.75. The third-order valence-corrected chi connectivity index (χ3v) is 4.29. The number of ether oxygens (including phenoxy) is 2. The van der Waals surface area contributed by atoms with Crippen LogP contribution >= 0.6 is 0 Å². The predicted molar refractivity (Wildman–Crippen MR) is 112 cm³/mol. The summed E-state index contributed by atoms with van der Waals surface area (Å²) in [5.41, 5.74) is 2.95. The fraction of sp³-hybridized carbons (Fsp3) is 0.227. The molecule has 1 aromatic heterocycles. The second kappa shape index (κ2) is 9.54. The van der Waals surface area contributed by atoms with Gasteiger partial charge in [0.1, 0.15) is 17.2 Å². The summed E-state index contributed by atoms with van der Waals surface area (Å²) in [5, 5.41) is 6.02. The molecule has 3 rings (SSSR count). The normalized spacial score (nSPS) is 10.3. The SMILES string of the molecule is COc1ccc(CCNC(=O)c2cc(C)nc(Nc3ccc(OC)cc3)n2)cc1. The van der Waals surface area contributed by atoms with Crippen molar-refractivity contribution in [2.24, 2.45) is 0 Å². The van der Waals surface area contributed by atoms with Gasteiger partial charge < -0.3 is 20.1 Å². The summed E-state index contributed by atoms with van der Waals surface area (Å²) in [4.78, 5) is 21.2. The highest BCUT2D eigenvalue weighted by molar-refractivity contribution is 5.92. The molecule has 1 heterocycles. The van der Waals surface area contributed by atoms with Crippen LogP contribution < -0.4 is 20.1 Å². The molecule has 0 saturated carbocycles. The van der Waals surface area contributed by atoms with E-state index in [0.717, 1.165) is 29.2 Å². The number of benzene rings is 2. The average molecular weight is 392 g/mol. The molecule has 29 heavy (non-hydrogen) atoms. The number of hydrogen-bond donors (Lipinski definition) is 2. The van der Waals surface area contributed by atoms with Crippen molar-refractivity contribution in [1.29, 1.82) is 0 Å². The predicted octanol–water partition coefficient (Wildman–Crippen LogP) is 3.52. The van der Waals surface area contributed by atoms with Gasteiger partial charge in [0.05, 0.1) is 14.2 Å². The molecule has 0 radical (unpaired) electrons. The Balaban J connectivity index is 1.60. The van der Waals surface area contributed by atoms with E-state index in [-0.39, 0.29) is 5.91 Å². The van der Waals surface area contributed by atoms with Crippen molar-refractivity contribution in [3.63, 3.8) is 0 Å². The summed E-state index contributed by atoms with van der Waals surface area (Å²) in [5.74, 6) is 1.71. The van der Waals surface area contributed by atoms with Gasteiger partial charge in [-0.1, -0.05) is 12.1 Å². The fourth-order valence-corrected chi connectivity index (χ4v) is 2.75. The van der Waals surface area contributed by atoms with Crippen LogP contribution in [0.1, 0.15) is 21.7 Å². The lowest BCUT2D eigenvalue weighted by Gasteiger charge is -2.10. The first-order valence-corrected chi connectivity index (χ1v) is 9.25. The van der Waals surface area contributed by atoms with Crippen LogP contribution in [0.2, 0.25) is 0 Å². The van der Waals surface area contributed by atoms with E-state index in [2.05, 4.69) is 20.6 Å². The first-order chi connectivity index (χ1) is 14.1. The van der Waals surface area contributed by atoms with Gasteiger partial charge in [-0.05, 0) is 61.4 Å². The number of aromatic nitrogens is 2. The maximum absolute atomic E-state index is 12.5. The first-order valence-electron chi connectivity index (χ1n) is 9.25. The summed E-state index contributed by atoms with van der Waals surface area (Å²) < 4.78 is 10.3. The Morgan fingerprint density at radius 1 is 0.931 bits per heavy atom. The zero-order valence-electron chi connectivity index (χ0n) is 16.7. The van der Waals surface area contributed by atoms with Gasteiger partial charge in [-0.25, -0.2) is 9.97 Å². The summed E-state index contributed by atoms with van der Waals surface area (Å²) in [6.07, 6.45) is 0.719. The lowest BCUT2D eigenvalue weighted by Crippen LogP contribution is -2.27. The van der Waals surface area contributed by atoms with E-state index in [0.29, 0.717) is 23.9 Å². The zero-order valence-corrected chi connectivity index (χ0v) is 16.7. The van der Waals surface area contributed by atoms with Crippen molar-refractivity contribution < 1.29 is 14.3 Å². The van der Waals surface area contributed by atoms with E-state index in [1.807, 2.05) is 55.5 Å². The molecule has 0 spiro atoms. The molecule has 0 atom stereocenters. The number of nitrogens with one attached hydrogen (secondary N) is 2. The molecule has 2 aromatic carbocycles. The maximum Gasteiger partial charge on any atom is 0.270 e. The topological polar surface area (TPSA) is 85.4 Å². The molecular formula is C22H24N4O3. The quantitative estimate of drug-likeness (QED) is 0.610. The standard InChI is InChI=1S/C22H24N4O3/c1-15-14-20(21(27)23-13-12-16-4-8-18(28-2)9-5-16)26-22(24-15)25-17-6-10-19(29-3)11-7-17/h4-11,14H,12-13H2,1-3H3,(H,23,27)(H,24,25,26). The van der Waals surface area contributed by atoms with Crippen molar-refractivity contribution in [3.05, 3.63) is 71.5 Å². The third-order valence-electron chi connectivity index (χ3n) is 4.29. The van der Waals surface area contributed by atoms with Gasteiger partial charge in [-0.3, -0.25) is 4.79 Å². The van der Waals surface area contributed by atoms with Crippen LogP contribution in [0.5, 0.6) is 11.5 Å². The van der Waals surface area contributed by atoms with Crippen molar-refractivity contribution in [2.45, 2.75) is 13.3 Å². The number of nitrogens with zero attached hydrogens (tertiary/aromatic N) is 2. The van der Waals surface area contributed by atoms with Crippen molar-refractivity contribution in [3.8, 4) is 11.5 Å². The number of methoxy groups -OCH3 is 2. The third kappa shape index (κ3) is 5.68. The Morgan fingerprint density at radius 2 is 1.55 bits per heavy atom. The lowest BCUT2D eigenvalue weighted by atomic mass is 10.1. The molecule has 1 amide bonds. The smallest absolute Gasteiger partial charge is 0.270 e. The molecule has 2 N–H and O–H groups in total. The maximum atomic E-state index is 12.5. The molecule has 0 aliphatic heterocycles. The number of amides is 1. The molecule has 7 nitrogen and oxygen atoms in total. The van der Waals surface area contributed by atoms with Gasteiger partial charge in [-0.2, -0.15) is 0 Å². The van der Waals surface area contributed by atoms with Crippen molar-refractivity contribution in [1.82, 2.24) is 15.3 Å². The van der Waals surface area contributed by atoms with Gasteiger partial charge in [0.25, 0.3) is 5.91 Å². The number of anilines is 2. The lowest BCUT2D eigenvalue weighted by molar-refractivity contribution is 0.0949. The van der Waals surface area contributed by atoms with Gasteiger partial charge in [0, 0.05) is 17.9 Å². The van der Waals surface area contributed by atoms with Gasteiger partial charge >= 0.3 is 0 Å². The second-order valence-corrected chi connectivity index (χ2v) is 6.43. The van der Waals surface area contributed by atoms with Crippen LogP contribution in [-0.4, -0.2) is 36.6 Å². The molecular weight excluding hydrogens is 368 g/mol. The van der Waals surface area contributed by atoms with Crippen LogP contribution in [0.25, 0.3) is 0 Å². The van der Waals surface area contributed by atoms with Crippen LogP contribution in [-0.2, 0) is 6.42 Å². The minimum atomic E-state index is -0.234. The zero-order chi connectivity index (χ0) is 20.6. The molecule has 0 aliphatic carbocycles. The monoisotopic (exact) mass is 392 g/mol. The summed E-state index contributed by atoms with van der Waals surface area (Å²) in [7, 11) is 3.25. The van der Waals surface area contributed by atoms with E-state index in [1.165, 1.54) is 0 Å². The van der Waals surface area contributed by atoms with Crippen LogP contribution in [0.15, 0.2) is 54.6 Å². The highest BCUT2D eigenvalue weighted by Gasteiger charge is 2.11.